The van der Waals surface area contributed by atoms with Crippen molar-refractivity contribution in [1.82, 2.24) is 15.3 Å². The predicted molar refractivity (Wildman–Crippen MR) is 67.6 cm³/mol. The van der Waals surface area contributed by atoms with Crippen LogP contribution in [0.3, 0.4) is 0 Å². The topological polar surface area (TPSA) is 40.7 Å². The third kappa shape index (κ3) is 3.79. The van der Waals surface area contributed by atoms with Crippen LogP contribution >= 0.6 is 11.3 Å². The highest BCUT2D eigenvalue weighted by atomic mass is 32.1. The normalized spacial score (nSPS) is 10.8. The Morgan fingerprint density at radius 2 is 2.38 bits per heavy atom. The van der Waals surface area contributed by atoms with E-state index in [0.29, 0.717) is 0 Å². The van der Waals surface area contributed by atoms with Crippen molar-refractivity contribution in [2.24, 2.45) is 0 Å². The van der Waals surface area contributed by atoms with E-state index in [1.54, 1.807) is 11.3 Å². The molecule has 86 valence electrons. The van der Waals surface area contributed by atoms with Gasteiger partial charge in [0, 0.05) is 30.5 Å². The van der Waals surface area contributed by atoms with Gasteiger partial charge in [0.2, 0.25) is 0 Å². The van der Waals surface area contributed by atoms with Gasteiger partial charge in [0.15, 0.2) is 0 Å². The number of aromatic amines is 1. The quantitative estimate of drug-likeness (QED) is 0.724. The average molecular weight is 235 g/mol. The van der Waals surface area contributed by atoms with Crippen molar-refractivity contribution in [2.75, 3.05) is 6.54 Å². The first-order valence-corrected chi connectivity index (χ1v) is 6.54. The Hall–Kier alpha value is -1.13. The molecule has 0 atom stereocenters. The van der Waals surface area contributed by atoms with Gasteiger partial charge in [-0.05, 0) is 37.4 Å². The minimum Gasteiger partial charge on any atom is -0.367 e. The fourth-order valence-electron chi connectivity index (χ4n) is 1.60. The molecule has 2 aromatic rings. The second-order valence-electron chi connectivity index (χ2n) is 3.78. The van der Waals surface area contributed by atoms with Crippen molar-refractivity contribution in [3.05, 3.63) is 40.6 Å². The van der Waals surface area contributed by atoms with Crippen LogP contribution in [0.4, 0.5) is 0 Å². The number of hydrogen-bond donors (Lipinski definition) is 2. The minimum absolute atomic E-state index is 0.959. The van der Waals surface area contributed by atoms with Gasteiger partial charge >= 0.3 is 0 Å². The number of nitrogens with one attached hydrogen (secondary N) is 2. The molecule has 2 N–H and O–H groups in total. The van der Waals surface area contributed by atoms with E-state index >= 15 is 0 Å². The van der Waals surface area contributed by atoms with Gasteiger partial charge in [0.05, 0.1) is 5.01 Å². The lowest BCUT2D eigenvalue weighted by atomic mass is 10.2. The Kier molecular flexibility index (Phi) is 4.58. The smallest absolute Gasteiger partial charge is 0.0924 e. The van der Waals surface area contributed by atoms with Gasteiger partial charge in [-0.3, -0.25) is 0 Å². The lowest BCUT2D eigenvalue weighted by Crippen LogP contribution is -2.14. The van der Waals surface area contributed by atoms with Gasteiger partial charge in [-0.2, -0.15) is 0 Å². The summed E-state index contributed by atoms with van der Waals surface area (Å²) in [5.41, 5.74) is 1.32. The summed E-state index contributed by atoms with van der Waals surface area (Å²) in [6.45, 7) is 2.04. The highest BCUT2D eigenvalue weighted by Crippen LogP contribution is 2.07. The first kappa shape index (κ1) is 11.4. The lowest BCUT2D eigenvalue weighted by molar-refractivity contribution is 0.622. The van der Waals surface area contributed by atoms with E-state index in [1.807, 2.05) is 24.0 Å². The molecule has 0 saturated heterocycles. The van der Waals surface area contributed by atoms with Crippen molar-refractivity contribution >= 4 is 11.3 Å². The van der Waals surface area contributed by atoms with Gasteiger partial charge < -0.3 is 10.3 Å². The van der Waals surface area contributed by atoms with Crippen molar-refractivity contribution in [3.8, 4) is 0 Å². The molecular formula is C12H17N3S. The number of unbranched alkanes of at least 4 members (excludes halogenated alkanes) is 1. The molecular weight excluding hydrogens is 218 g/mol. The third-order valence-electron chi connectivity index (χ3n) is 2.47. The molecule has 4 heteroatoms. The molecule has 2 rings (SSSR count). The molecule has 0 fully saturated rings. The Morgan fingerprint density at radius 1 is 1.38 bits per heavy atom. The predicted octanol–water partition coefficient (Wildman–Crippen LogP) is 2.58. The number of thiazole rings is 1. The molecule has 0 spiro atoms. The number of aryl methyl sites for hydroxylation is 1. The van der Waals surface area contributed by atoms with E-state index in [-0.39, 0.29) is 0 Å². The first-order valence-electron chi connectivity index (χ1n) is 5.66. The summed E-state index contributed by atoms with van der Waals surface area (Å²) in [7, 11) is 0. The number of rotatable bonds is 7. The maximum absolute atomic E-state index is 4.27. The zero-order valence-corrected chi connectivity index (χ0v) is 10.1. The van der Waals surface area contributed by atoms with Gasteiger partial charge in [0.25, 0.3) is 0 Å². The SMILES string of the molecule is c1csc(CCCCNCc2cc[nH]c2)n1. The summed E-state index contributed by atoms with van der Waals surface area (Å²) in [6, 6.07) is 2.10. The van der Waals surface area contributed by atoms with Crippen molar-refractivity contribution in [1.29, 1.82) is 0 Å². The molecule has 0 aliphatic rings. The van der Waals surface area contributed by atoms with Crippen LogP contribution in [-0.2, 0) is 13.0 Å². The molecule has 0 aromatic carbocycles. The summed E-state index contributed by atoms with van der Waals surface area (Å²) < 4.78 is 0. The van der Waals surface area contributed by atoms with Crippen LogP contribution in [0.15, 0.2) is 30.0 Å². The van der Waals surface area contributed by atoms with E-state index in [1.165, 1.54) is 23.4 Å². The third-order valence-corrected chi connectivity index (χ3v) is 3.31. The van der Waals surface area contributed by atoms with Crippen molar-refractivity contribution in [2.45, 2.75) is 25.8 Å². The zero-order chi connectivity index (χ0) is 11.1. The van der Waals surface area contributed by atoms with Crippen molar-refractivity contribution in [3.63, 3.8) is 0 Å². The highest BCUT2D eigenvalue weighted by Gasteiger charge is 1.96. The van der Waals surface area contributed by atoms with E-state index in [2.05, 4.69) is 21.4 Å². The van der Waals surface area contributed by atoms with Gasteiger partial charge in [-0.15, -0.1) is 11.3 Å². The fourth-order valence-corrected chi connectivity index (χ4v) is 2.27. The van der Waals surface area contributed by atoms with Gasteiger partial charge in [-0.25, -0.2) is 4.98 Å². The minimum atomic E-state index is 0.959. The van der Waals surface area contributed by atoms with Gasteiger partial charge in [-0.1, -0.05) is 0 Å². The second kappa shape index (κ2) is 6.45. The zero-order valence-electron chi connectivity index (χ0n) is 9.28. The van der Waals surface area contributed by atoms with E-state index < -0.39 is 0 Å². The van der Waals surface area contributed by atoms with Crippen LogP contribution in [0, 0.1) is 0 Å². The summed E-state index contributed by atoms with van der Waals surface area (Å²) in [5.74, 6) is 0. The number of H-pyrrole nitrogens is 1. The molecule has 16 heavy (non-hydrogen) atoms. The summed E-state index contributed by atoms with van der Waals surface area (Å²) >= 11 is 1.75. The van der Waals surface area contributed by atoms with Crippen LogP contribution in [0.5, 0.6) is 0 Å². The second-order valence-corrected chi connectivity index (χ2v) is 4.76. The van der Waals surface area contributed by atoms with E-state index in [0.717, 1.165) is 19.5 Å². The molecule has 0 unspecified atom stereocenters. The number of nitrogens with zero attached hydrogens (tertiary/aromatic N) is 1. The van der Waals surface area contributed by atoms with Crippen LogP contribution in [-0.4, -0.2) is 16.5 Å². The number of aromatic nitrogens is 2. The maximum Gasteiger partial charge on any atom is 0.0924 e. The average Bonchev–Trinajstić information content (AvgIpc) is 2.96. The van der Waals surface area contributed by atoms with Crippen LogP contribution in [0.25, 0.3) is 0 Å². The van der Waals surface area contributed by atoms with Crippen LogP contribution < -0.4 is 5.32 Å². The molecule has 2 aromatic heterocycles. The fraction of sp³-hybridized carbons (Fsp3) is 0.417. The molecule has 0 radical (unpaired) electrons. The van der Waals surface area contributed by atoms with Crippen LogP contribution in [0.1, 0.15) is 23.4 Å². The molecule has 0 bridgehead atoms. The molecule has 0 saturated carbocycles. The molecule has 2 heterocycles. The first-order chi connectivity index (χ1) is 7.95. The lowest BCUT2D eigenvalue weighted by Gasteiger charge is -2.02. The Morgan fingerprint density at radius 3 is 3.12 bits per heavy atom. The molecule has 3 nitrogen and oxygen atoms in total. The van der Waals surface area contributed by atoms with E-state index in [4.69, 9.17) is 0 Å². The Balaban J connectivity index is 1.49. The Bertz CT molecular complexity index is 329. The molecule has 0 aliphatic heterocycles. The molecule has 0 amide bonds. The number of hydrogen-bond acceptors (Lipinski definition) is 3. The summed E-state index contributed by atoms with van der Waals surface area (Å²) in [5, 5.41) is 6.73. The van der Waals surface area contributed by atoms with Crippen LogP contribution in [0.2, 0.25) is 0 Å². The monoisotopic (exact) mass is 235 g/mol. The molecule has 0 aliphatic carbocycles. The van der Waals surface area contributed by atoms with Gasteiger partial charge in [0.1, 0.15) is 0 Å². The summed E-state index contributed by atoms with van der Waals surface area (Å²) in [4.78, 5) is 7.32. The van der Waals surface area contributed by atoms with E-state index in [9.17, 15) is 0 Å². The maximum atomic E-state index is 4.27. The summed E-state index contributed by atoms with van der Waals surface area (Å²) in [6.07, 6.45) is 9.41. The highest BCUT2D eigenvalue weighted by molar-refractivity contribution is 7.09. The largest absolute Gasteiger partial charge is 0.367 e. The van der Waals surface area contributed by atoms with Crippen molar-refractivity contribution < 1.29 is 0 Å². The standard InChI is InChI=1S/C12H17N3S/c1(3-12-15-7-8-16-12)2-5-13-9-11-4-6-14-10-11/h4,6-8,10,13-14H,1-3,5,9H2. The Labute approximate surface area is 99.9 Å².